The van der Waals surface area contributed by atoms with Crippen molar-refractivity contribution < 1.29 is 9.47 Å². The second-order valence-corrected chi connectivity index (χ2v) is 5.27. The minimum absolute atomic E-state index is 0.437. The monoisotopic (exact) mass is 409 g/mol. The molecule has 0 radical (unpaired) electrons. The number of thiocarbonyl (C=S) groups is 1. The van der Waals surface area contributed by atoms with E-state index in [0.717, 1.165) is 14.5 Å². The van der Waals surface area contributed by atoms with Gasteiger partial charge < -0.3 is 14.8 Å². The zero-order valence-electron chi connectivity index (χ0n) is 10.6. The summed E-state index contributed by atoms with van der Waals surface area (Å²) in [5, 5.41) is 7.22. The van der Waals surface area contributed by atoms with Crippen LogP contribution in [0.5, 0.6) is 11.5 Å². The molecule has 1 aromatic rings. The summed E-state index contributed by atoms with van der Waals surface area (Å²) >= 11 is 11.8. The molecular formula is C11H13Br2N3O2S. The number of hydrazone groups is 1. The maximum absolute atomic E-state index is 5.27. The highest BCUT2D eigenvalue weighted by Crippen LogP contribution is 2.41. The number of methoxy groups -OCH3 is 2. The van der Waals surface area contributed by atoms with Gasteiger partial charge >= 0.3 is 0 Å². The fourth-order valence-electron chi connectivity index (χ4n) is 1.26. The van der Waals surface area contributed by atoms with Crippen LogP contribution in [-0.4, -0.2) is 32.6 Å². The van der Waals surface area contributed by atoms with Crippen molar-refractivity contribution in [3.8, 4) is 11.5 Å². The predicted octanol–water partition coefficient (Wildman–Crippen LogP) is 2.66. The van der Waals surface area contributed by atoms with Crippen molar-refractivity contribution in [3.63, 3.8) is 0 Å². The van der Waals surface area contributed by atoms with Crippen molar-refractivity contribution in [2.75, 3.05) is 21.3 Å². The zero-order chi connectivity index (χ0) is 14.4. The third-order valence-corrected chi connectivity index (χ3v) is 4.62. The molecule has 0 saturated carbocycles. The number of benzene rings is 1. The molecule has 0 spiro atoms. The Morgan fingerprint density at radius 1 is 1.32 bits per heavy atom. The Labute approximate surface area is 134 Å². The van der Waals surface area contributed by atoms with Gasteiger partial charge in [0.25, 0.3) is 0 Å². The Morgan fingerprint density at radius 2 is 2.00 bits per heavy atom. The first-order chi connectivity index (χ1) is 9.04. The third-order valence-electron chi connectivity index (χ3n) is 2.18. The smallest absolute Gasteiger partial charge is 0.186 e. The molecule has 0 aromatic heterocycles. The molecule has 0 atom stereocenters. The molecule has 1 aromatic carbocycles. The van der Waals surface area contributed by atoms with Crippen molar-refractivity contribution in [3.05, 3.63) is 20.6 Å². The first-order valence-corrected chi connectivity index (χ1v) is 7.15. The summed E-state index contributed by atoms with van der Waals surface area (Å²) < 4.78 is 12.1. The summed E-state index contributed by atoms with van der Waals surface area (Å²) in [5.74, 6) is 1.22. The number of hydrogen-bond donors (Lipinski definition) is 2. The zero-order valence-corrected chi connectivity index (χ0v) is 14.6. The summed E-state index contributed by atoms with van der Waals surface area (Å²) in [7, 11) is 4.87. The minimum Gasteiger partial charge on any atom is -0.493 e. The molecule has 0 amide bonds. The summed E-state index contributed by atoms with van der Waals surface area (Å²) in [6, 6.07) is 1.81. The quantitative estimate of drug-likeness (QED) is 0.454. The predicted molar refractivity (Wildman–Crippen MR) is 87.3 cm³/mol. The van der Waals surface area contributed by atoms with Crippen LogP contribution in [0.25, 0.3) is 0 Å². The van der Waals surface area contributed by atoms with Crippen LogP contribution in [0.4, 0.5) is 0 Å². The van der Waals surface area contributed by atoms with Gasteiger partial charge in [0.1, 0.15) is 0 Å². The molecule has 0 saturated heterocycles. The Morgan fingerprint density at radius 3 is 2.53 bits per heavy atom. The number of nitrogens with zero attached hydrogens (tertiary/aromatic N) is 1. The van der Waals surface area contributed by atoms with E-state index in [1.165, 1.54) is 0 Å². The van der Waals surface area contributed by atoms with Crippen LogP contribution in [0.15, 0.2) is 20.1 Å². The number of nitrogens with one attached hydrogen (secondary N) is 2. The van der Waals surface area contributed by atoms with Gasteiger partial charge in [0.2, 0.25) is 0 Å². The highest BCUT2D eigenvalue weighted by Gasteiger charge is 2.15. The van der Waals surface area contributed by atoms with Crippen LogP contribution in [0.3, 0.4) is 0 Å². The molecule has 1 rings (SSSR count). The Kier molecular flexibility index (Phi) is 6.53. The topological polar surface area (TPSA) is 54.9 Å². The van der Waals surface area contributed by atoms with Gasteiger partial charge in [-0.05, 0) is 50.1 Å². The fraction of sp³-hybridized carbons (Fsp3) is 0.273. The molecule has 0 aliphatic carbocycles. The molecule has 19 heavy (non-hydrogen) atoms. The first kappa shape index (κ1) is 16.2. The summed E-state index contributed by atoms with van der Waals surface area (Å²) in [6.45, 7) is 0. The lowest BCUT2D eigenvalue weighted by molar-refractivity contribution is 0.353. The van der Waals surface area contributed by atoms with Crippen molar-refractivity contribution in [2.24, 2.45) is 5.10 Å². The van der Waals surface area contributed by atoms with Crippen LogP contribution in [-0.2, 0) is 0 Å². The van der Waals surface area contributed by atoms with E-state index >= 15 is 0 Å². The van der Waals surface area contributed by atoms with E-state index in [-0.39, 0.29) is 0 Å². The lowest BCUT2D eigenvalue weighted by Gasteiger charge is -2.12. The average molecular weight is 411 g/mol. The summed E-state index contributed by atoms with van der Waals surface area (Å²) in [6.07, 6.45) is 1.63. The van der Waals surface area contributed by atoms with Gasteiger partial charge in [0.15, 0.2) is 16.6 Å². The van der Waals surface area contributed by atoms with E-state index < -0.39 is 0 Å². The van der Waals surface area contributed by atoms with Crippen molar-refractivity contribution in [2.45, 2.75) is 0 Å². The van der Waals surface area contributed by atoms with Gasteiger partial charge in [-0.3, -0.25) is 5.43 Å². The SMILES string of the molecule is CNC(=S)N/N=C/c1cc(OC)c(OC)c(Br)c1Br. The van der Waals surface area contributed by atoms with E-state index in [0.29, 0.717) is 16.6 Å². The van der Waals surface area contributed by atoms with Crippen LogP contribution >= 0.6 is 44.1 Å². The van der Waals surface area contributed by atoms with Gasteiger partial charge in [0, 0.05) is 17.1 Å². The van der Waals surface area contributed by atoms with Gasteiger partial charge in [0.05, 0.1) is 24.9 Å². The highest BCUT2D eigenvalue weighted by atomic mass is 79.9. The molecule has 0 heterocycles. The van der Waals surface area contributed by atoms with Gasteiger partial charge in [-0.15, -0.1) is 0 Å². The molecule has 0 unspecified atom stereocenters. The Hall–Kier alpha value is -0.860. The molecule has 0 aliphatic rings. The van der Waals surface area contributed by atoms with Crippen molar-refractivity contribution >= 4 is 55.4 Å². The maximum atomic E-state index is 5.27. The molecule has 8 heteroatoms. The molecule has 0 bridgehead atoms. The molecule has 104 valence electrons. The van der Waals surface area contributed by atoms with E-state index in [2.05, 4.69) is 47.7 Å². The number of ether oxygens (including phenoxy) is 2. The third kappa shape index (κ3) is 4.05. The molecule has 5 nitrogen and oxygen atoms in total. The Balaban J connectivity index is 3.08. The normalized spacial score (nSPS) is 10.4. The standard InChI is InChI=1S/C11H13Br2N3O2S/c1-14-11(19)16-15-5-6-4-7(17-2)10(18-3)9(13)8(6)12/h4-5H,1-3H3,(H2,14,16,19)/b15-5+. The van der Waals surface area contributed by atoms with Crippen LogP contribution in [0.1, 0.15) is 5.56 Å². The van der Waals surface area contributed by atoms with E-state index in [1.54, 1.807) is 33.5 Å². The number of hydrogen-bond acceptors (Lipinski definition) is 4. The fourth-order valence-corrected chi connectivity index (χ4v) is 2.29. The molecular weight excluding hydrogens is 398 g/mol. The van der Waals surface area contributed by atoms with Crippen molar-refractivity contribution in [1.29, 1.82) is 0 Å². The van der Waals surface area contributed by atoms with Crippen LogP contribution in [0, 0.1) is 0 Å². The van der Waals surface area contributed by atoms with Gasteiger partial charge in [-0.2, -0.15) is 5.10 Å². The number of rotatable bonds is 4. The number of halogens is 2. The van der Waals surface area contributed by atoms with Crippen LogP contribution < -0.4 is 20.2 Å². The first-order valence-electron chi connectivity index (χ1n) is 5.15. The largest absolute Gasteiger partial charge is 0.493 e. The maximum Gasteiger partial charge on any atom is 0.186 e. The van der Waals surface area contributed by atoms with E-state index in [1.807, 2.05) is 0 Å². The second-order valence-electron chi connectivity index (χ2n) is 3.28. The van der Waals surface area contributed by atoms with Gasteiger partial charge in [-0.25, -0.2) is 0 Å². The summed E-state index contributed by atoms with van der Waals surface area (Å²) in [4.78, 5) is 0. The second kappa shape index (κ2) is 7.66. The Bertz CT molecular complexity index is 509. The van der Waals surface area contributed by atoms with E-state index in [4.69, 9.17) is 21.7 Å². The highest BCUT2D eigenvalue weighted by molar-refractivity contribution is 9.13. The lowest BCUT2D eigenvalue weighted by Crippen LogP contribution is -2.28. The lowest BCUT2D eigenvalue weighted by atomic mass is 10.2. The van der Waals surface area contributed by atoms with Gasteiger partial charge in [-0.1, -0.05) is 0 Å². The minimum atomic E-state index is 0.437. The molecule has 2 N–H and O–H groups in total. The van der Waals surface area contributed by atoms with Crippen molar-refractivity contribution in [1.82, 2.24) is 10.7 Å². The van der Waals surface area contributed by atoms with E-state index in [9.17, 15) is 0 Å². The van der Waals surface area contributed by atoms with Crippen LogP contribution in [0.2, 0.25) is 0 Å². The summed E-state index contributed by atoms with van der Waals surface area (Å²) in [5.41, 5.74) is 3.49. The molecule has 0 aliphatic heterocycles. The molecule has 0 fully saturated rings. The average Bonchev–Trinajstić information content (AvgIpc) is 2.42.